The number of ether oxygens (including phenoxy) is 1. The highest BCUT2D eigenvalue weighted by atomic mass is 32.1. The monoisotopic (exact) mass is 407 g/mol. The Morgan fingerprint density at radius 1 is 1.24 bits per heavy atom. The van der Waals surface area contributed by atoms with E-state index in [1.54, 1.807) is 10.9 Å². The van der Waals surface area contributed by atoms with Crippen molar-refractivity contribution in [3.63, 3.8) is 0 Å². The summed E-state index contributed by atoms with van der Waals surface area (Å²) in [5, 5.41) is 6.26. The molecule has 0 radical (unpaired) electrons. The van der Waals surface area contributed by atoms with E-state index in [1.807, 2.05) is 56.3 Å². The van der Waals surface area contributed by atoms with Gasteiger partial charge >= 0.3 is 0 Å². The zero-order chi connectivity index (χ0) is 20.2. The first-order valence-corrected chi connectivity index (χ1v) is 10.3. The van der Waals surface area contributed by atoms with Crippen LogP contribution in [0.1, 0.15) is 23.5 Å². The number of hydrogen-bond donors (Lipinski definition) is 0. The molecule has 0 spiro atoms. The number of pyridine rings is 2. The average molecular weight is 407 g/mol. The van der Waals surface area contributed by atoms with Gasteiger partial charge in [0.25, 0.3) is 5.91 Å². The first-order chi connectivity index (χ1) is 13.9. The van der Waals surface area contributed by atoms with Gasteiger partial charge in [0, 0.05) is 42.3 Å². The van der Waals surface area contributed by atoms with Gasteiger partial charge in [0.1, 0.15) is 4.83 Å². The largest absolute Gasteiger partial charge is 0.377 e. The van der Waals surface area contributed by atoms with Crippen molar-refractivity contribution in [2.24, 2.45) is 7.05 Å². The lowest BCUT2D eigenvalue weighted by atomic mass is 10.0. The number of amides is 1. The van der Waals surface area contributed by atoms with Gasteiger partial charge < -0.3 is 9.64 Å². The van der Waals surface area contributed by atoms with E-state index < -0.39 is 0 Å². The van der Waals surface area contributed by atoms with Gasteiger partial charge in [-0.05, 0) is 38.1 Å². The molecule has 4 aromatic rings. The van der Waals surface area contributed by atoms with E-state index in [-0.39, 0.29) is 11.4 Å². The molecule has 0 aliphatic carbocycles. The molecular weight excluding hydrogens is 386 g/mol. The second-order valence-electron chi connectivity index (χ2n) is 7.96. The van der Waals surface area contributed by atoms with E-state index in [0.29, 0.717) is 24.6 Å². The van der Waals surface area contributed by atoms with Gasteiger partial charge in [-0.3, -0.25) is 9.48 Å². The maximum Gasteiger partial charge on any atom is 0.264 e. The Balaban J connectivity index is 1.50. The van der Waals surface area contributed by atoms with E-state index in [1.165, 1.54) is 11.3 Å². The van der Waals surface area contributed by atoms with Crippen LogP contribution in [0, 0.1) is 0 Å². The van der Waals surface area contributed by atoms with E-state index in [0.717, 1.165) is 32.5 Å². The normalized spacial score (nSPS) is 16.6. The lowest BCUT2D eigenvalue weighted by molar-refractivity contribution is -0.0368. The van der Waals surface area contributed by atoms with E-state index in [2.05, 4.69) is 10.1 Å². The first kappa shape index (κ1) is 18.2. The Kier molecular flexibility index (Phi) is 4.15. The summed E-state index contributed by atoms with van der Waals surface area (Å²) in [6, 6.07) is 7.97. The maximum atomic E-state index is 13.1. The SMILES string of the molecule is Cn1cc2cc(-c3ccc4cc(C(=O)N5CCOCC5(C)C)sc4n3)cnc2n1. The van der Waals surface area contributed by atoms with Crippen molar-refractivity contribution in [1.82, 2.24) is 24.6 Å². The lowest BCUT2D eigenvalue weighted by Crippen LogP contribution is -2.55. The van der Waals surface area contributed by atoms with Crippen LogP contribution >= 0.6 is 11.3 Å². The van der Waals surface area contributed by atoms with Gasteiger partial charge in [-0.2, -0.15) is 5.10 Å². The zero-order valence-corrected chi connectivity index (χ0v) is 17.4. The van der Waals surface area contributed by atoms with Gasteiger partial charge in [0.05, 0.1) is 29.3 Å². The summed E-state index contributed by atoms with van der Waals surface area (Å²) in [7, 11) is 1.88. The Labute approximate surface area is 171 Å². The smallest absolute Gasteiger partial charge is 0.264 e. The molecule has 29 heavy (non-hydrogen) atoms. The number of morpholine rings is 1. The number of hydrogen-bond acceptors (Lipinski definition) is 6. The van der Waals surface area contributed by atoms with Crippen LogP contribution in [0.3, 0.4) is 0 Å². The molecule has 0 unspecified atom stereocenters. The number of aryl methyl sites for hydroxylation is 1. The van der Waals surface area contributed by atoms with Crippen molar-refractivity contribution >= 4 is 38.5 Å². The minimum atomic E-state index is -0.311. The third-order valence-electron chi connectivity index (χ3n) is 5.25. The summed E-state index contributed by atoms with van der Waals surface area (Å²) in [4.78, 5) is 25.8. The van der Waals surface area contributed by atoms with Gasteiger partial charge in [-0.25, -0.2) is 9.97 Å². The van der Waals surface area contributed by atoms with Gasteiger partial charge in [0.2, 0.25) is 0 Å². The standard InChI is InChI=1S/C21H21N5O2S/c1-21(2)12-28-7-6-26(21)20(27)17-9-13-4-5-16(23-19(13)29-17)14-8-15-11-25(3)24-18(15)22-10-14/h4-5,8-11H,6-7,12H2,1-3H3. The third-order valence-corrected chi connectivity index (χ3v) is 6.29. The molecular formula is C21H21N5O2S. The minimum Gasteiger partial charge on any atom is -0.377 e. The quantitative estimate of drug-likeness (QED) is 0.509. The first-order valence-electron chi connectivity index (χ1n) is 9.51. The molecule has 5 heterocycles. The highest BCUT2D eigenvalue weighted by molar-refractivity contribution is 7.20. The molecule has 5 rings (SSSR count). The van der Waals surface area contributed by atoms with Crippen LogP contribution in [0.25, 0.3) is 32.5 Å². The molecule has 0 bridgehead atoms. The number of carbonyl (C=O) groups excluding carboxylic acids is 1. The molecule has 0 aromatic carbocycles. The molecule has 1 aliphatic rings. The van der Waals surface area contributed by atoms with Crippen molar-refractivity contribution in [2.45, 2.75) is 19.4 Å². The van der Waals surface area contributed by atoms with Crippen molar-refractivity contribution in [3.8, 4) is 11.3 Å². The van der Waals surface area contributed by atoms with Crippen molar-refractivity contribution in [2.75, 3.05) is 19.8 Å². The summed E-state index contributed by atoms with van der Waals surface area (Å²) in [5.41, 5.74) is 2.18. The summed E-state index contributed by atoms with van der Waals surface area (Å²) in [6.45, 7) is 5.81. The molecule has 1 aliphatic heterocycles. The number of fused-ring (bicyclic) bond motifs is 2. The summed E-state index contributed by atoms with van der Waals surface area (Å²) in [6.07, 6.45) is 3.73. The fourth-order valence-corrected chi connectivity index (χ4v) is 4.70. The Morgan fingerprint density at radius 2 is 2.10 bits per heavy atom. The molecule has 1 amide bonds. The number of rotatable bonds is 2. The van der Waals surface area contributed by atoms with Gasteiger partial charge in [0.15, 0.2) is 5.65 Å². The topological polar surface area (TPSA) is 73.1 Å². The molecule has 7 nitrogen and oxygen atoms in total. The van der Waals surface area contributed by atoms with E-state index in [9.17, 15) is 4.79 Å². The third kappa shape index (κ3) is 3.18. The molecule has 1 saturated heterocycles. The average Bonchev–Trinajstić information content (AvgIpc) is 3.28. The summed E-state index contributed by atoms with van der Waals surface area (Å²) in [5.74, 6) is 0.0429. The number of aromatic nitrogens is 4. The van der Waals surface area contributed by atoms with Crippen LogP contribution in [-0.2, 0) is 11.8 Å². The Morgan fingerprint density at radius 3 is 2.93 bits per heavy atom. The van der Waals surface area contributed by atoms with E-state index >= 15 is 0 Å². The van der Waals surface area contributed by atoms with Gasteiger partial charge in [-0.1, -0.05) is 0 Å². The van der Waals surface area contributed by atoms with Crippen LogP contribution in [0.2, 0.25) is 0 Å². The van der Waals surface area contributed by atoms with E-state index in [4.69, 9.17) is 9.72 Å². The van der Waals surface area contributed by atoms with Crippen molar-refractivity contribution in [3.05, 3.63) is 41.5 Å². The van der Waals surface area contributed by atoms with Crippen LogP contribution in [0.4, 0.5) is 0 Å². The van der Waals surface area contributed by atoms with Crippen LogP contribution in [0.15, 0.2) is 36.7 Å². The van der Waals surface area contributed by atoms with Crippen molar-refractivity contribution in [1.29, 1.82) is 0 Å². The minimum absolute atomic E-state index is 0.0429. The lowest BCUT2D eigenvalue weighted by Gasteiger charge is -2.41. The maximum absolute atomic E-state index is 13.1. The number of nitrogens with zero attached hydrogens (tertiary/aromatic N) is 5. The van der Waals surface area contributed by atoms with Crippen LogP contribution < -0.4 is 0 Å². The predicted molar refractivity (Wildman–Crippen MR) is 113 cm³/mol. The molecule has 4 aromatic heterocycles. The fourth-order valence-electron chi connectivity index (χ4n) is 3.72. The van der Waals surface area contributed by atoms with Crippen molar-refractivity contribution < 1.29 is 9.53 Å². The number of thiophene rings is 1. The zero-order valence-electron chi connectivity index (χ0n) is 16.5. The van der Waals surface area contributed by atoms with Crippen LogP contribution in [0.5, 0.6) is 0 Å². The highest BCUT2D eigenvalue weighted by Crippen LogP contribution is 2.31. The Hall–Kier alpha value is -2.84. The fraction of sp³-hybridized carbons (Fsp3) is 0.333. The molecule has 0 N–H and O–H groups in total. The molecule has 1 fully saturated rings. The number of carbonyl (C=O) groups is 1. The van der Waals surface area contributed by atoms with Crippen LogP contribution in [-0.4, -0.2) is 55.9 Å². The molecule has 148 valence electrons. The van der Waals surface area contributed by atoms with Gasteiger partial charge in [-0.15, -0.1) is 11.3 Å². The molecule has 8 heteroatoms. The predicted octanol–water partition coefficient (Wildman–Crippen LogP) is 3.50. The second kappa shape index (κ2) is 6.60. The molecule has 0 atom stereocenters. The highest BCUT2D eigenvalue weighted by Gasteiger charge is 2.35. The summed E-state index contributed by atoms with van der Waals surface area (Å²) >= 11 is 1.44. The summed E-state index contributed by atoms with van der Waals surface area (Å²) < 4.78 is 7.29. The second-order valence-corrected chi connectivity index (χ2v) is 8.99. The molecule has 0 saturated carbocycles. The Bertz CT molecular complexity index is 1240.